The molecule has 0 aliphatic heterocycles. The standard InChI is InChI=1S/C17H19BrN2OS/c1-20(2)8-9-21-19-16-11-14(13-7-10-22-17(13)16)12-5-3-4-6-15(12)18/h3-7,10,14H,8-9,11H2,1-2H3/b19-16+. The number of benzene rings is 1. The SMILES string of the molecule is CN(C)CCO/N=C1\CC(c2ccccc2Br)c2ccsc21. The number of rotatable bonds is 5. The first-order chi connectivity index (χ1) is 10.7. The Morgan fingerprint density at radius 3 is 2.86 bits per heavy atom. The van der Waals surface area contributed by atoms with Crippen molar-refractivity contribution in [3.05, 3.63) is 56.2 Å². The zero-order chi connectivity index (χ0) is 15.5. The van der Waals surface area contributed by atoms with Crippen molar-refractivity contribution in [2.24, 2.45) is 5.16 Å². The molecule has 1 atom stereocenters. The summed E-state index contributed by atoms with van der Waals surface area (Å²) in [5.74, 6) is 0.369. The van der Waals surface area contributed by atoms with Crippen LogP contribution in [0.2, 0.25) is 0 Å². The smallest absolute Gasteiger partial charge is 0.129 e. The Labute approximate surface area is 143 Å². The molecule has 22 heavy (non-hydrogen) atoms. The van der Waals surface area contributed by atoms with E-state index in [1.807, 2.05) is 14.1 Å². The molecule has 2 aromatic rings. The van der Waals surface area contributed by atoms with E-state index in [1.54, 1.807) is 11.3 Å². The third-order valence-corrected chi connectivity index (χ3v) is 5.52. The van der Waals surface area contributed by atoms with E-state index >= 15 is 0 Å². The van der Waals surface area contributed by atoms with Crippen molar-refractivity contribution in [1.82, 2.24) is 4.90 Å². The van der Waals surface area contributed by atoms with E-state index in [-0.39, 0.29) is 0 Å². The fraction of sp³-hybridized carbons (Fsp3) is 0.353. The Morgan fingerprint density at radius 2 is 2.09 bits per heavy atom. The van der Waals surface area contributed by atoms with Crippen molar-refractivity contribution >= 4 is 33.0 Å². The largest absolute Gasteiger partial charge is 0.394 e. The number of halogens is 1. The average molecular weight is 379 g/mol. The van der Waals surface area contributed by atoms with Crippen LogP contribution in [-0.4, -0.2) is 37.9 Å². The van der Waals surface area contributed by atoms with Crippen molar-refractivity contribution in [3.63, 3.8) is 0 Å². The van der Waals surface area contributed by atoms with Gasteiger partial charge in [-0.05, 0) is 42.7 Å². The predicted molar refractivity (Wildman–Crippen MR) is 96.0 cm³/mol. The topological polar surface area (TPSA) is 24.8 Å². The summed E-state index contributed by atoms with van der Waals surface area (Å²) >= 11 is 5.43. The minimum atomic E-state index is 0.369. The number of nitrogens with zero attached hydrogens (tertiary/aromatic N) is 2. The Hall–Kier alpha value is -1.17. The van der Waals surface area contributed by atoms with Crippen LogP contribution in [0.3, 0.4) is 0 Å². The molecule has 1 aliphatic carbocycles. The molecule has 0 bridgehead atoms. The predicted octanol–water partition coefficient (Wildman–Crippen LogP) is 4.33. The highest BCUT2D eigenvalue weighted by Gasteiger charge is 2.31. The lowest BCUT2D eigenvalue weighted by Gasteiger charge is -2.12. The summed E-state index contributed by atoms with van der Waals surface area (Å²) in [4.78, 5) is 8.87. The van der Waals surface area contributed by atoms with Gasteiger partial charge in [-0.3, -0.25) is 0 Å². The summed E-state index contributed by atoms with van der Waals surface area (Å²) in [7, 11) is 4.07. The van der Waals surface area contributed by atoms with Gasteiger partial charge in [0.15, 0.2) is 0 Å². The monoisotopic (exact) mass is 378 g/mol. The van der Waals surface area contributed by atoms with Gasteiger partial charge in [0.05, 0.1) is 10.6 Å². The summed E-state index contributed by atoms with van der Waals surface area (Å²) in [6.45, 7) is 1.50. The summed E-state index contributed by atoms with van der Waals surface area (Å²) in [6.07, 6.45) is 0.909. The fourth-order valence-corrected chi connectivity index (χ4v) is 4.20. The molecule has 3 rings (SSSR count). The van der Waals surface area contributed by atoms with E-state index in [2.05, 4.69) is 61.7 Å². The van der Waals surface area contributed by atoms with Gasteiger partial charge in [0.2, 0.25) is 0 Å². The van der Waals surface area contributed by atoms with Gasteiger partial charge < -0.3 is 9.74 Å². The molecule has 116 valence electrons. The maximum absolute atomic E-state index is 5.51. The first-order valence-corrected chi connectivity index (χ1v) is 9.00. The van der Waals surface area contributed by atoms with Gasteiger partial charge in [-0.25, -0.2) is 0 Å². The van der Waals surface area contributed by atoms with Crippen LogP contribution < -0.4 is 0 Å². The van der Waals surface area contributed by atoms with Gasteiger partial charge in [-0.1, -0.05) is 39.3 Å². The highest BCUT2D eigenvalue weighted by molar-refractivity contribution is 9.10. The first kappa shape index (κ1) is 15.7. The molecule has 0 N–H and O–H groups in total. The van der Waals surface area contributed by atoms with E-state index in [4.69, 9.17) is 4.84 Å². The second-order valence-corrected chi connectivity index (χ2v) is 7.43. The molecule has 1 heterocycles. The second kappa shape index (κ2) is 6.94. The van der Waals surface area contributed by atoms with E-state index in [0.717, 1.165) is 23.1 Å². The minimum absolute atomic E-state index is 0.369. The van der Waals surface area contributed by atoms with Crippen LogP contribution in [0.5, 0.6) is 0 Å². The van der Waals surface area contributed by atoms with E-state index in [1.165, 1.54) is 16.0 Å². The van der Waals surface area contributed by atoms with Crippen LogP contribution in [0.15, 0.2) is 45.3 Å². The summed E-state index contributed by atoms with van der Waals surface area (Å²) < 4.78 is 1.16. The molecular weight excluding hydrogens is 360 g/mol. The van der Waals surface area contributed by atoms with E-state index in [9.17, 15) is 0 Å². The number of oxime groups is 1. The van der Waals surface area contributed by atoms with E-state index < -0.39 is 0 Å². The van der Waals surface area contributed by atoms with Crippen molar-refractivity contribution in [2.75, 3.05) is 27.2 Å². The quantitative estimate of drug-likeness (QED) is 0.571. The van der Waals surface area contributed by atoms with Crippen LogP contribution in [0.25, 0.3) is 0 Å². The summed E-state index contributed by atoms with van der Waals surface area (Å²) in [5.41, 5.74) is 3.76. The lowest BCUT2D eigenvalue weighted by Crippen LogP contribution is -2.17. The van der Waals surface area contributed by atoms with Crippen LogP contribution in [0.1, 0.15) is 28.3 Å². The average Bonchev–Trinajstić information content (AvgIpc) is 3.07. The molecule has 0 saturated carbocycles. The number of thiophene rings is 1. The normalized spacial score (nSPS) is 18.9. The van der Waals surface area contributed by atoms with Gasteiger partial charge >= 0.3 is 0 Å². The molecule has 0 fully saturated rings. The molecule has 1 aliphatic rings. The van der Waals surface area contributed by atoms with Crippen molar-refractivity contribution in [2.45, 2.75) is 12.3 Å². The number of hydrogen-bond donors (Lipinski definition) is 0. The van der Waals surface area contributed by atoms with Gasteiger partial charge in [-0.2, -0.15) is 0 Å². The first-order valence-electron chi connectivity index (χ1n) is 7.32. The molecule has 0 saturated heterocycles. The molecule has 0 radical (unpaired) electrons. The lowest BCUT2D eigenvalue weighted by atomic mass is 9.94. The third-order valence-electron chi connectivity index (χ3n) is 3.82. The molecule has 5 heteroatoms. The highest BCUT2D eigenvalue weighted by atomic mass is 79.9. The number of fused-ring (bicyclic) bond motifs is 1. The van der Waals surface area contributed by atoms with Crippen molar-refractivity contribution in [1.29, 1.82) is 0 Å². The highest BCUT2D eigenvalue weighted by Crippen LogP contribution is 2.43. The van der Waals surface area contributed by atoms with Crippen LogP contribution >= 0.6 is 27.3 Å². The molecule has 1 unspecified atom stereocenters. The molecular formula is C17H19BrN2OS. The maximum atomic E-state index is 5.51. The van der Waals surface area contributed by atoms with Gasteiger partial charge in [0, 0.05) is 23.4 Å². The maximum Gasteiger partial charge on any atom is 0.129 e. The Bertz CT molecular complexity index is 681. The number of likely N-dealkylation sites (N-methyl/N-ethyl adjacent to an activating group) is 1. The Balaban J connectivity index is 1.80. The van der Waals surface area contributed by atoms with Crippen LogP contribution in [0.4, 0.5) is 0 Å². The summed E-state index contributed by atoms with van der Waals surface area (Å²) in [6, 6.07) is 10.6. The fourth-order valence-electron chi connectivity index (χ4n) is 2.68. The molecule has 0 amide bonds. The Morgan fingerprint density at radius 1 is 1.27 bits per heavy atom. The van der Waals surface area contributed by atoms with Gasteiger partial charge in [-0.15, -0.1) is 11.3 Å². The molecule has 3 nitrogen and oxygen atoms in total. The van der Waals surface area contributed by atoms with Crippen LogP contribution in [0, 0.1) is 0 Å². The third kappa shape index (κ3) is 3.26. The van der Waals surface area contributed by atoms with Crippen molar-refractivity contribution < 1.29 is 4.84 Å². The minimum Gasteiger partial charge on any atom is -0.394 e. The van der Waals surface area contributed by atoms with Gasteiger partial charge in [0.25, 0.3) is 0 Å². The van der Waals surface area contributed by atoms with Crippen molar-refractivity contribution in [3.8, 4) is 0 Å². The lowest BCUT2D eigenvalue weighted by molar-refractivity contribution is 0.126. The zero-order valence-electron chi connectivity index (χ0n) is 12.8. The number of hydrogen-bond acceptors (Lipinski definition) is 4. The molecule has 0 spiro atoms. The Kier molecular flexibility index (Phi) is 4.96. The van der Waals surface area contributed by atoms with E-state index in [0.29, 0.717) is 12.5 Å². The summed E-state index contributed by atoms with van der Waals surface area (Å²) in [5, 5.41) is 6.54. The van der Waals surface area contributed by atoms with Gasteiger partial charge in [0.1, 0.15) is 6.61 Å². The molecule has 1 aromatic carbocycles. The second-order valence-electron chi connectivity index (χ2n) is 5.66. The van der Waals surface area contributed by atoms with Crippen LogP contribution in [-0.2, 0) is 4.84 Å². The molecule has 1 aromatic heterocycles. The zero-order valence-corrected chi connectivity index (χ0v) is 15.2.